The van der Waals surface area contributed by atoms with Crippen LogP contribution in [0.1, 0.15) is 18.1 Å². The van der Waals surface area contributed by atoms with E-state index in [0.717, 1.165) is 11.1 Å². The van der Waals surface area contributed by atoms with Crippen LogP contribution in [0.25, 0.3) is 0 Å². The van der Waals surface area contributed by atoms with Gasteiger partial charge in [0.1, 0.15) is 6.61 Å². The Kier molecular flexibility index (Phi) is 7.37. The summed E-state index contributed by atoms with van der Waals surface area (Å²) in [4.78, 5) is 0. The number of nitrogens with one attached hydrogen (secondary N) is 1. The van der Waals surface area contributed by atoms with E-state index >= 15 is 0 Å². The lowest BCUT2D eigenvalue weighted by atomic mass is 10.2. The molecule has 0 aliphatic carbocycles. The Hall–Kier alpha value is -2.27. The minimum atomic E-state index is -0.143. The Morgan fingerprint density at radius 3 is 2.17 bits per heavy atom. The molecule has 29 heavy (non-hydrogen) atoms. The molecule has 0 aliphatic rings. The highest BCUT2D eigenvalue weighted by atomic mass is 35.5. The molecule has 0 spiro atoms. The van der Waals surface area contributed by atoms with Gasteiger partial charge in [-0.3, -0.25) is 0 Å². The SMILES string of the molecule is CCOc1cc(CNc2cc(Cl)c(O)c(Cl)c2)c(Cl)cc1OCc1ccccc1. The number of benzene rings is 3. The van der Waals surface area contributed by atoms with Crippen molar-refractivity contribution < 1.29 is 14.6 Å². The molecule has 0 radical (unpaired) electrons. The lowest BCUT2D eigenvalue weighted by Crippen LogP contribution is -2.04. The van der Waals surface area contributed by atoms with Gasteiger partial charge in [-0.2, -0.15) is 0 Å². The second-order valence-electron chi connectivity index (χ2n) is 6.24. The number of halogens is 3. The Morgan fingerprint density at radius 1 is 0.862 bits per heavy atom. The normalized spacial score (nSPS) is 10.6. The van der Waals surface area contributed by atoms with Crippen molar-refractivity contribution in [2.24, 2.45) is 0 Å². The van der Waals surface area contributed by atoms with Gasteiger partial charge in [-0.1, -0.05) is 65.1 Å². The minimum Gasteiger partial charge on any atom is -0.505 e. The van der Waals surface area contributed by atoms with E-state index in [-0.39, 0.29) is 15.8 Å². The molecule has 0 aromatic heterocycles. The highest BCUT2D eigenvalue weighted by Gasteiger charge is 2.13. The lowest BCUT2D eigenvalue weighted by molar-refractivity contribution is 0.269. The molecule has 0 amide bonds. The Morgan fingerprint density at radius 2 is 1.52 bits per heavy atom. The fourth-order valence-electron chi connectivity index (χ4n) is 2.69. The second kappa shape index (κ2) is 9.97. The van der Waals surface area contributed by atoms with Crippen LogP contribution < -0.4 is 14.8 Å². The summed E-state index contributed by atoms with van der Waals surface area (Å²) in [6.07, 6.45) is 0. The minimum absolute atomic E-state index is 0.143. The molecule has 3 rings (SSSR count). The number of hydrogen-bond donors (Lipinski definition) is 2. The first-order chi connectivity index (χ1) is 14.0. The monoisotopic (exact) mass is 451 g/mol. The van der Waals surface area contributed by atoms with Crippen molar-refractivity contribution in [1.82, 2.24) is 0 Å². The van der Waals surface area contributed by atoms with Crippen LogP contribution in [0.2, 0.25) is 15.1 Å². The van der Waals surface area contributed by atoms with Crippen molar-refractivity contribution in [2.75, 3.05) is 11.9 Å². The third-order valence-electron chi connectivity index (χ3n) is 4.15. The molecule has 0 bridgehead atoms. The largest absolute Gasteiger partial charge is 0.505 e. The number of phenolic OH excluding ortho intramolecular Hbond substituents is 1. The third-order valence-corrected chi connectivity index (χ3v) is 5.08. The van der Waals surface area contributed by atoms with E-state index in [4.69, 9.17) is 44.3 Å². The van der Waals surface area contributed by atoms with Crippen molar-refractivity contribution in [3.8, 4) is 17.2 Å². The molecule has 0 saturated heterocycles. The van der Waals surface area contributed by atoms with Crippen LogP contribution in [0.4, 0.5) is 5.69 Å². The van der Waals surface area contributed by atoms with Crippen LogP contribution in [0.15, 0.2) is 54.6 Å². The van der Waals surface area contributed by atoms with Crippen molar-refractivity contribution >= 4 is 40.5 Å². The van der Waals surface area contributed by atoms with E-state index in [9.17, 15) is 5.11 Å². The van der Waals surface area contributed by atoms with Gasteiger partial charge in [0, 0.05) is 23.3 Å². The third kappa shape index (κ3) is 5.63. The highest BCUT2D eigenvalue weighted by molar-refractivity contribution is 6.37. The van der Waals surface area contributed by atoms with Gasteiger partial charge >= 0.3 is 0 Å². The maximum Gasteiger partial charge on any atom is 0.163 e. The van der Waals surface area contributed by atoms with Crippen LogP contribution in [-0.4, -0.2) is 11.7 Å². The average Bonchev–Trinajstić information content (AvgIpc) is 2.71. The van der Waals surface area contributed by atoms with Crippen molar-refractivity contribution in [2.45, 2.75) is 20.1 Å². The van der Waals surface area contributed by atoms with Crippen LogP contribution in [0, 0.1) is 0 Å². The number of ether oxygens (including phenoxy) is 2. The maximum absolute atomic E-state index is 9.68. The molecular formula is C22H20Cl3NO3. The highest BCUT2D eigenvalue weighted by Crippen LogP contribution is 2.37. The smallest absolute Gasteiger partial charge is 0.163 e. The van der Waals surface area contributed by atoms with Crippen molar-refractivity contribution in [1.29, 1.82) is 0 Å². The molecule has 0 unspecified atom stereocenters. The van der Waals surface area contributed by atoms with E-state index in [0.29, 0.717) is 42.0 Å². The average molecular weight is 453 g/mol. The lowest BCUT2D eigenvalue weighted by Gasteiger charge is -2.16. The molecule has 2 N–H and O–H groups in total. The first-order valence-electron chi connectivity index (χ1n) is 9.01. The van der Waals surface area contributed by atoms with Gasteiger partial charge in [0.25, 0.3) is 0 Å². The van der Waals surface area contributed by atoms with Crippen LogP contribution in [0.3, 0.4) is 0 Å². The van der Waals surface area contributed by atoms with E-state index in [2.05, 4.69) is 5.32 Å². The van der Waals surface area contributed by atoms with E-state index in [1.54, 1.807) is 18.2 Å². The molecule has 0 saturated carbocycles. The summed E-state index contributed by atoms with van der Waals surface area (Å²) in [5.74, 6) is 1.06. The molecule has 0 atom stereocenters. The Balaban J connectivity index is 1.76. The number of aromatic hydroxyl groups is 1. The number of phenols is 1. The van der Waals surface area contributed by atoms with Gasteiger partial charge < -0.3 is 19.9 Å². The molecule has 4 nitrogen and oxygen atoms in total. The van der Waals surface area contributed by atoms with Crippen molar-refractivity contribution in [3.63, 3.8) is 0 Å². The van der Waals surface area contributed by atoms with Crippen LogP contribution in [0.5, 0.6) is 17.2 Å². The van der Waals surface area contributed by atoms with Crippen LogP contribution in [-0.2, 0) is 13.2 Å². The number of hydrogen-bond acceptors (Lipinski definition) is 4. The predicted octanol–water partition coefficient (Wildman–Crippen LogP) is 6.94. The van der Waals surface area contributed by atoms with Gasteiger partial charge in [0.15, 0.2) is 17.2 Å². The van der Waals surface area contributed by atoms with E-state index in [1.165, 1.54) is 0 Å². The molecule has 0 heterocycles. The van der Waals surface area contributed by atoms with Gasteiger partial charge in [-0.15, -0.1) is 0 Å². The number of anilines is 1. The first-order valence-corrected chi connectivity index (χ1v) is 10.1. The van der Waals surface area contributed by atoms with Crippen LogP contribution >= 0.6 is 34.8 Å². The quantitative estimate of drug-likeness (QED) is 0.363. The van der Waals surface area contributed by atoms with Gasteiger partial charge in [-0.05, 0) is 36.2 Å². The first kappa shape index (κ1) is 21.4. The molecule has 7 heteroatoms. The predicted molar refractivity (Wildman–Crippen MR) is 119 cm³/mol. The van der Waals surface area contributed by atoms with E-state index < -0.39 is 0 Å². The summed E-state index contributed by atoms with van der Waals surface area (Å²) in [5.41, 5.74) is 2.54. The Labute approximate surface area is 184 Å². The molecule has 3 aromatic rings. The van der Waals surface area contributed by atoms with Gasteiger partial charge in [-0.25, -0.2) is 0 Å². The van der Waals surface area contributed by atoms with Gasteiger partial charge in [0.05, 0.1) is 16.7 Å². The number of rotatable bonds is 8. The van der Waals surface area contributed by atoms with Crippen molar-refractivity contribution in [3.05, 3.63) is 80.8 Å². The Bertz CT molecular complexity index is 958. The topological polar surface area (TPSA) is 50.7 Å². The summed E-state index contributed by atoms with van der Waals surface area (Å²) < 4.78 is 11.7. The fourth-order valence-corrected chi connectivity index (χ4v) is 3.40. The van der Waals surface area contributed by atoms with E-state index in [1.807, 2.05) is 43.3 Å². The van der Waals surface area contributed by atoms with Gasteiger partial charge in [0.2, 0.25) is 0 Å². The summed E-state index contributed by atoms with van der Waals surface area (Å²) in [6.45, 7) is 3.24. The summed E-state index contributed by atoms with van der Waals surface area (Å²) in [7, 11) is 0. The molecular weight excluding hydrogens is 433 g/mol. The summed E-state index contributed by atoms with van der Waals surface area (Å²) in [6, 6.07) is 16.7. The summed E-state index contributed by atoms with van der Waals surface area (Å²) in [5, 5.41) is 13.8. The fraction of sp³-hybridized carbons (Fsp3) is 0.182. The standard InChI is InChI=1S/C22H20Cl3NO3/c1-2-28-20-8-15(12-26-16-9-18(24)22(27)19(25)10-16)17(23)11-21(20)29-13-14-6-4-3-5-7-14/h3-11,26-27H,2,12-13H2,1H3. The molecule has 0 fully saturated rings. The molecule has 152 valence electrons. The zero-order valence-electron chi connectivity index (χ0n) is 15.7. The maximum atomic E-state index is 9.68. The summed E-state index contributed by atoms with van der Waals surface area (Å²) >= 11 is 18.4. The zero-order chi connectivity index (χ0) is 20.8. The zero-order valence-corrected chi connectivity index (χ0v) is 18.0. The molecule has 3 aromatic carbocycles. The second-order valence-corrected chi connectivity index (χ2v) is 7.46. The molecule has 0 aliphatic heterocycles.